The summed E-state index contributed by atoms with van der Waals surface area (Å²) in [5.41, 5.74) is 24.3. The van der Waals surface area contributed by atoms with Crippen LogP contribution >= 0.6 is 0 Å². The van der Waals surface area contributed by atoms with E-state index in [9.17, 15) is 1.37 Å². The van der Waals surface area contributed by atoms with Crippen molar-refractivity contribution in [3.63, 3.8) is 0 Å². The summed E-state index contributed by atoms with van der Waals surface area (Å²) in [6.45, 7) is 22.9. The first-order valence-electron chi connectivity index (χ1n) is 40.1. The van der Waals surface area contributed by atoms with Crippen molar-refractivity contribution in [1.29, 1.82) is 0 Å². The fraction of sp³-hybridized carbons (Fsp3) is 0.351. The van der Waals surface area contributed by atoms with Gasteiger partial charge in [0.25, 0.3) is 0 Å². The Morgan fingerprint density at radius 2 is 0.600 bits per heavy atom. The topological polar surface area (TPSA) is 11.6 Å². The van der Waals surface area contributed by atoms with E-state index in [4.69, 9.17) is 6.85 Å². The zero-order chi connectivity index (χ0) is 75.5. The standard InChI is InChI=1S/C34H40N.C32H36N.C31H34N/c1-23(2)32-22-35(6)33(30-10-8-7-9-24(30)3)21-31(32)29-14-13-27-19-26(11-12-28(27)20-29)25-15-17-34(4,5)18-16-25;1-22(2)31-21-33(4)32(29-13-9-8-10-23(29)3)20-30(31)28-17-16-26-18-25(14-15-27(26)19-28)24-11-6-5-7-12-24;1-21(2)30-20-32(4)31(28-12-8-5-9-22(28)3)19-29(30)27-16-15-25-17-24(13-14-26(25)18-27)23-10-6-7-11-23/h7-14,19-23,25H,15-18H2,1-6H3;8-10,13-22,24H,5-7,11-12H2,1-4H3;5,8-9,12-21,23H,6-7,10-11H2,1-4H3/q3*+1/i23D,25D;22D,24D;21D,23D. The van der Waals surface area contributed by atoms with Crippen molar-refractivity contribution in [2.45, 2.75) is 195 Å². The van der Waals surface area contributed by atoms with Gasteiger partial charge in [-0.3, -0.25) is 0 Å². The minimum atomic E-state index is -0.734. The van der Waals surface area contributed by atoms with E-state index in [-0.39, 0.29) is 0 Å². The molecule has 3 fully saturated rings. The summed E-state index contributed by atoms with van der Waals surface area (Å²) in [4.78, 5) is 0. The second-order valence-corrected chi connectivity index (χ2v) is 30.8. The van der Waals surface area contributed by atoms with Crippen LogP contribution in [0.3, 0.4) is 0 Å². The molecule has 3 aromatic heterocycles. The molecule has 0 unspecified atom stereocenters. The number of aryl methyl sites for hydroxylation is 6. The lowest BCUT2D eigenvalue weighted by Gasteiger charge is -2.34. The molecule has 9 aromatic carbocycles. The maximum Gasteiger partial charge on any atom is 0.213 e. The van der Waals surface area contributed by atoms with Gasteiger partial charge in [-0.15, -0.1) is 0 Å². The van der Waals surface area contributed by atoms with Gasteiger partial charge in [-0.2, -0.15) is 0 Å². The molecule has 0 radical (unpaired) electrons. The predicted octanol–water partition coefficient (Wildman–Crippen LogP) is 25.7. The van der Waals surface area contributed by atoms with Gasteiger partial charge < -0.3 is 0 Å². The molecule has 0 bridgehead atoms. The lowest BCUT2D eigenvalue weighted by Crippen LogP contribution is -2.32. The van der Waals surface area contributed by atoms with Gasteiger partial charge in [0.05, 0.1) is 0 Å². The average Bonchev–Trinajstić information content (AvgIpc) is 0.794. The number of nitrogens with zero attached hydrogens (tertiary/aromatic N) is 3. The largest absolute Gasteiger partial charge is 0.213 e. The summed E-state index contributed by atoms with van der Waals surface area (Å²) in [7, 11) is 6.22. The molecular formula is C97H110N3+3. The SMILES string of the molecule is [2H]C(C)(C)c1c[n+](C)c(-c2ccccc2C)cc1-c1ccc2cc(C3([2H])CCC(C)(C)CC3)ccc2c1.[2H]C(C)(C)c1c[n+](C)c(-c2ccccc2C)cc1-c1ccc2cc(C3([2H])CCCC3)ccc2c1.[2H]C(C)(C)c1c[n+](C)c(-c2ccccc2C)cc1-c1ccc2cc(C3([2H])CCCCC3)ccc2c1. The Hall–Kier alpha value is -8.79. The third-order valence-electron chi connectivity index (χ3n) is 22.3. The molecule has 3 aliphatic carbocycles. The molecule has 3 nitrogen and oxygen atoms in total. The van der Waals surface area contributed by atoms with Gasteiger partial charge >= 0.3 is 0 Å². The van der Waals surface area contributed by atoms with E-state index in [1.807, 2.05) is 41.5 Å². The van der Waals surface area contributed by atoms with Crippen LogP contribution in [-0.2, 0) is 21.1 Å². The number of aromatic nitrogens is 3. The van der Waals surface area contributed by atoms with Crippen molar-refractivity contribution in [3.05, 3.63) is 269 Å². The molecule has 3 aliphatic rings. The quantitative estimate of drug-likeness (QED) is 0.108. The van der Waals surface area contributed by atoms with Crippen molar-refractivity contribution in [2.75, 3.05) is 0 Å². The van der Waals surface area contributed by atoms with E-state index in [0.717, 1.165) is 161 Å². The molecule has 100 heavy (non-hydrogen) atoms. The van der Waals surface area contributed by atoms with Crippen LogP contribution in [0.25, 0.3) is 99.5 Å². The molecular weight excluding hydrogens is 1210 g/mol. The Kier molecular flexibility index (Phi) is 18.8. The number of hydrogen-bond donors (Lipinski definition) is 0. The molecule has 0 spiro atoms. The molecule has 0 aliphatic heterocycles. The Morgan fingerprint density at radius 1 is 0.330 bits per heavy atom. The first-order chi connectivity index (χ1) is 50.2. The number of benzene rings is 9. The summed E-state index contributed by atoms with van der Waals surface area (Å²) in [6, 6.07) is 71.9. The molecule has 0 N–H and O–H groups in total. The molecule has 510 valence electrons. The maximum absolute atomic E-state index is 9.21. The van der Waals surface area contributed by atoms with Crippen LogP contribution in [0.1, 0.15) is 233 Å². The van der Waals surface area contributed by atoms with Crippen molar-refractivity contribution >= 4 is 32.3 Å². The van der Waals surface area contributed by atoms with Gasteiger partial charge in [-0.1, -0.05) is 233 Å². The van der Waals surface area contributed by atoms with E-state index in [0.29, 0.717) is 5.41 Å². The second-order valence-electron chi connectivity index (χ2n) is 30.8. The number of fused-ring (bicyclic) bond motifs is 3. The zero-order valence-corrected chi connectivity index (χ0v) is 62.3. The summed E-state index contributed by atoms with van der Waals surface area (Å²) >= 11 is 0. The summed E-state index contributed by atoms with van der Waals surface area (Å²) < 4.78 is 60.2. The molecule has 15 rings (SSSR count). The van der Waals surface area contributed by atoms with Crippen LogP contribution in [0.2, 0.25) is 0 Å². The number of pyridine rings is 3. The summed E-state index contributed by atoms with van der Waals surface area (Å²) in [5, 5.41) is 7.11. The number of hydrogen-bond acceptors (Lipinski definition) is 0. The molecule has 3 heteroatoms. The highest BCUT2D eigenvalue weighted by atomic mass is 14.9. The Bertz CT molecular complexity index is 5270. The molecule has 3 saturated carbocycles. The molecule has 0 amide bonds. The smallest absolute Gasteiger partial charge is 0.201 e. The van der Waals surface area contributed by atoms with Crippen molar-refractivity contribution < 1.29 is 21.9 Å². The van der Waals surface area contributed by atoms with E-state index in [1.165, 1.54) is 72.1 Å². The van der Waals surface area contributed by atoms with Gasteiger partial charge in [0.1, 0.15) is 21.1 Å². The average molecular weight is 1320 g/mol. The Morgan fingerprint density at radius 3 is 0.900 bits per heavy atom. The first kappa shape index (κ1) is 62.2. The van der Waals surface area contributed by atoms with Crippen molar-refractivity contribution in [3.8, 4) is 67.2 Å². The van der Waals surface area contributed by atoms with Gasteiger partial charge in [-0.05, 0) is 248 Å². The fourth-order valence-electron chi connectivity index (χ4n) is 16.0. The predicted molar refractivity (Wildman–Crippen MR) is 426 cm³/mol. The third-order valence-corrected chi connectivity index (χ3v) is 22.3. The normalized spacial score (nSPS) is 17.3. The lowest BCUT2D eigenvalue weighted by atomic mass is 9.71. The highest BCUT2D eigenvalue weighted by Crippen LogP contribution is 2.45. The molecule has 0 saturated heterocycles. The summed E-state index contributed by atoms with van der Waals surface area (Å²) in [5.74, 6) is -3.54. The van der Waals surface area contributed by atoms with Crippen LogP contribution in [0, 0.1) is 26.2 Å². The van der Waals surface area contributed by atoms with Crippen LogP contribution in [0.15, 0.2) is 219 Å². The third kappa shape index (κ3) is 15.3. The van der Waals surface area contributed by atoms with Gasteiger partial charge in [0, 0.05) is 59.8 Å². The van der Waals surface area contributed by atoms with Crippen LogP contribution in [-0.4, -0.2) is 0 Å². The zero-order valence-electron chi connectivity index (χ0n) is 68.3. The first-order valence-corrected chi connectivity index (χ1v) is 37.1. The molecule has 0 atom stereocenters. The van der Waals surface area contributed by atoms with Crippen LogP contribution in [0.5, 0.6) is 0 Å². The van der Waals surface area contributed by atoms with Crippen LogP contribution < -0.4 is 13.7 Å². The fourth-order valence-corrected chi connectivity index (χ4v) is 16.0. The van der Waals surface area contributed by atoms with E-state index in [2.05, 4.69) is 288 Å². The van der Waals surface area contributed by atoms with Crippen molar-refractivity contribution in [1.82, 2.24) is 0 Å². The Balaban J connectivity index is 0.000000141. The van der Waals surface area contributed by atoms with Crippen molar-refractivity contribution in [2.24, 2.45) is 26.6 Å². The highest BCUT2D eigenvalue weighted by Gasteiger charge is 2.29. The minimum Gasteiger partial charge on any atom is -0.201 e. The van der Waals surface area contributed by atoms with E-state index < -0.39 is 35.4 Å². The minimum absolute atomic E-state index is 0.350. The molecule has 12 aromatic rings. The van der Waals surface area contributed by atoms with Gasteiger partial charge in [-0.25, -0.2) is 13.7 Å². The highest BCUT2D eigenvalue weighted by molar-refractivity contribution is 5.92. The monoisotopic (exact) mass is 1320 g/mol. The molecule has 3 heterocycles. The second kappa shape index (κ2) is 30.2. The Labute approximate surface area is 608 Å². The lowest BCUT2D eigenvalue weighted by molar-refractivity contribution is -0.660. The van der Waals surface area contributed by atoms with E-state index in [1.54, 1.807) is 0 Å². The van der Waals surface area contributed by atoms with Crippen LogP contribution in [0.4, 0.5) is 0 Å². The number of rotatable bonds is 12. The summed E-state index contributed by atoms with van der Waals surface area (Å²) in [6.07, 6.45) is 20.2. The van der Waals surface area contributed by atoms with E-state index >= 15 is 0 Å². The van der Waals surface area contributed by atoms with Gasteiger partial charge in [0.2, 0.25) is 17.1 Å². The van der Waals surface area contributed by atoms with Gasteiger partial charge in [0.15, 0.2) is 18.6 Å². The maximum atomic E-state index is 9.21.